The van der Waals surface area contributed by atoms with Gasteiger partial charge in [-0.3, -0.25) is 9.59 Å². The second-order valence-corrected chi connectivity index (χ2v) is 14.0. The van der Waals surface area contributed by atoms with E-state index in [4.69, 9.17) is 23.2 Å². The van der Waals surface area contributed by atoms with Crippen molar-refractivity contribution in [1.82, 2.24) is 14.5 Å². The number of amides is 2. The summed E-state index contributed by atoms with van der Waals surface area (Å²) >= 11 is 13.1. The van der Waals surface area contributed by atoms with Crippen LogP contribution in [0.15, 0.2) is 66.7 Å². The molecule has 3 rings (SSSR count). The Balaban J connectivity index is 2.17. The van der Waals surface area contributed by atoms with E-state index in [1.165, 1.54) is 19.0 Å². The van der Waals surface area contributed by atoms with Crippen LogP contribution in [0, 0.1) is 19.8 Å². The molecule has 0 saturated heterocycles. The van der Waals surface area contributed by atoms with Crippen LogP contribution in [0.1, 0.15) is 36.1 Å². The van der Waals surface area contributed by atoms with Gasteiger partial charge in [0, 0.05) is 49.2 Å². The molecule has 3 aromatic carbocycles. The summed E-state index contributed by atoms with van der Waals surface area (Å²) in [4.78, 5) is 29.6. The van der Waals surface area contributed by atoms with Crippen molar-refractivity contribution in [3.63, 3.8) is 0 Å². The second kappa shape index (κ2) is 15.1. The van der Waals surface area contributed by atoms with Crippen LogP contribution < -0.4 is 9.62 Å². The fourth-order valence-corrected chi connectivity index (χ4v) is 6.15. The normalized spacial score (nSPS) is 12.3. The van der Waals surface area contributed by atoms with Crippen LogP contribution in [0.4, 0.5) is 5.69 Å². The first kappa shape index (κ1) is 34.4. The van der Waals surface area contributed by atoms with E-state index in [1.807, 2.05) is 63.2 Å². The smallest absolute Gasteiger partial charge is 0.304 e. The Morgan fingerprint density at radius 2 is 1.53 bits per heavy atom. The van der Waals surface area contributed by atoms with Gasteiger partial charge in [-0.05, 0) is 54.7 Å². The Hall–Kier alpha value is -3.11. The number of carbonyl (C=O) groups is 2. The number of anilines is 1. The van der Waals surface area contributed by atoms with E-state index in [0.29, 0.717) is 33.4 Å². The molecule has 0 aliphatic carbocycles. The summed E-state index contributed by atoms with van der Waals surface area (Å²) in [5.41, 5.74) is 3.19. The van der Waals surface area contributed by atoms with Crippen molar-refractivity contribution in [3.05, 3.63) is 99.0 Å². The van der Waals surface area contributed by atoms with Gasteiger partial charge in [-0.25, -0.2) is 4.31 Å². The van der Waals surface area contributed by atoms with E-state index in [9.17, 15) is 18.0 Å². The van der Waals surface area contributed by atoms with Gasteiger partial charge >= 0.3 is 10.2 Å². The summed E-state index contributed by atoms with van der Waals surface area (Å²) in [6.07, 6.45) is 0.197. The van der Waals surface area contributed by atoms with E-state index in [0.717, 1.165) is 19.7 Å². The molecule has 0 spiro atoms. The van der Waals surface area contributed by atoms with Gasteiger partial charge in [0.1, 0.15) is 12.6 Å². The van der Waals surface area contributed by atoms with Gasteiger partial charge in [-0.2, -0.15) is 12.7 Å². The van der Waals surface area contributed by atoms with Crippen LogP contribution in [0.2, 0.25) is 10.0 Å². The van der Waals surface area contributed by atoms with Crippen molar-refractivity contribution in [1.29, 1.82) is 0 Å². The molecule has 1 N–H and O–H groups in total. The Labute approximate surface area is 265 Å². The van der Waals surface area contributed by atoms with Gasteiger partial charge in [-0.1, -0.05) is 85.6 Å². The summed E-state index contributed by atoms with van der Waals surface area (Å²) in [7, 11) is -1.28. The average Bonchev–Trinajstić information content (AvgIpc) is 2.95. The zero-order chi connectivity index (χ0) is 31.9. The number of carbonyl (C=O) groups excluding carboxylic acids is 2. The monoisotopic (exact) mass is 646 g/mol. The summed E-state index contributed by atoms with van der Waals surface area (Å²) in [6, 6.07) is 18.8. The molecule has 8 nitrogen and oxygen atoms in total. The molecule has 0 heterocycles. The van der Waals surface area contributed by atoms with Gasteiger partial charge < -0.3 is 10.2 Å². The molecule has 43 heavy (non-hydrogen) atoms. The van der Waals surface area contributed by atoms with E-state index >= 15 is 0 Å². The number of rotatable bonds is 13. The fraction of sp³-hybridized carbons (Fsp3) is 0.375. The second-order valence-electron chi connectivity index (χ2n) is 11.2. The highest BCUT2D eigenvalue weighted by molar-refractivity contribution is 7.90. The van der Waals surface area contributed by atoms with Crippen molar-refractivity contribution in [2.75, 3.05) is 31.5 Å². The molecule has 0 aliphatic rings. The lowest BCUT2D eigenvalue weighted by Gasteiger charge is -2.35. The zero-order valence-corrected chi connectivity index (χ0v) is 27.8. The lowest BCUT2D eigenvalue weighted by atomic mass is 10.0. The number of nitrogens with zero attached hydrogens (tertiary/aromatic N) is 3. The van der Waals surface area contributed by atoms with Crippen molar-refractivity contribution >= 4 is 50.9 Å². The maximum Gasteiger partial charge on any atom is 0.304 e. The van der Waals surface area contributed by atoms with Crippen LogP contribution in [0.5, 0.6) is 0 Å². The third-order valence-electron chi connectivity index (χ3n) is 7.00. The van der Waals surface area contributed by atoms with Gasteiger partial charge in [-0.15, -0.1) is 0 Å². The number of hydrogen-bond acceptors (Lipinski definition) is 4. The minimum absolute atomic E-state index is 0.105. The molecule has 1 atom stereocenters. The molecule has 11 heteroatoms. The van der Waals surface area contributed by atoms with Gasteiger partial charge in [0.15, 0.2) is 0 Å². The van der Waals surface area contributed by atoms with E-state index in [-0.39, 0.29) is 24.8 Å². The molecule has 0 fully saturated rings. The van der Waals surface area contributed by atoms with Gasteiger partial charge in [0.05, 0.1) is 5.69 Å². The molecular weight excluding hydrogens is 607 g/mol. The quantitative estimate of drug-likeness (QED) is 0.260. The third kappa shape index (κ3) is 8.95. The average molecular weight is 648 g/mol. The first-order valence-corrected chi connectivity index (χ1v) is 16.2. The highest BCUT2D eigenvalue weighted by Crippen LogP contribution is 2.29. The molecule has 3 aromatic rings. The SMILES string of the molecule is Cc1ccc(C)c(N(CC(=O)N(Cc2c(Cl)cccc2Cl)[C@H](Cc2ccccc2)C(=O)NCC(C)C)S(=O)(=O)N(C)C)c1. The van der Waals surface area contributed by atoms with Crippen LogP contribution >= 0.6 is 23.2 Å². The fourth-order valence-electron chi connectivity index (χ4n) is 4.52. The first-order chi connectivity index (χ1) is 20.2. The van der Waals surface area contributed by atoms with Crippen LogP contribution in [-0.2, 0) is 32.8 Å². The lowest BCUT2D eigenvalue weighted by molar-refractivity contribution is -0.140. The molecule has 0 bridgehead atoms. The van der Waals surface area contributed by atoms with Crippen LogP contribution in [-0.4, -0.2) is 62.7 Å². The van der Waals surface area contributed by atoms with Crippen molar-refractivity contribution < 1.29 is 18.0 Å². The molecule has 0 aromatic heterocycles. The summed E-state index contributed by atoms with van der Waals surface area (Å²) < 4.78 is 29.5. The van der Waals surface area contributed by atoms with E-state index in [2.05, 4.69) is 5.32 Å². The summed E-state index contributed by atoms with van der Waals surface area (Å²) in [5, 5.41) is 3.63. The third-order valence-corrected chi connectivity index (χ3v) is 9.51. The number of benzene rings is 3. The van der Waals surface area contributed by atoms with Crippen molar-refractivity contribution in [2.24, 2.45) is 5.92 Å². The van der Waals surface area contributed by atoms with Crippen molar-refractivity contribution in [2.45, 2.75) is 46.7 Å². The highest BCUT2D eigenvalue weighted by atomic mass is 35.5. The molecule has 2 amide bonds. The van der Waals surface area contributed by atoms with Gasteiger partial charge in [0.25, 0.3) is 0 Å². The molecular formula is C32H40Cl2N4O4S. The predicted octanol–water partition coefficient (Wildman–Crippen LogP) is 5.64. The number of hydrogen-bond donors (Lipinski definition) is 1. The molecule has 0 aliphatic heterocycles. The summed E-state index contributed by atoms with van der Waals surface area (Å²) in [5.74, 6) is -0.765. The largest absolute Gasteiger partial charge is 0.354 e. The Bertz CT molecular complexity index is 1510. The maximum atomic E-state index is 14.4. The van der Waals surface area contributed by atoms with Crippen LogP contribution in [0.25, 0.3) is 0 Å². The lowest BCUT2D eigenvalue weighted by Crippen LogP contribution is -2.54. The van der Waals surface area contributed by atoms with Gasteiger partial charge in [0.2, 0.25) is 11.8 Å². The van der Waals surface area contributed by atoms with Crippen LogP contribution in [0.3, 0.4) is 0 Å². The summed E-state index contributed by atoms with van der Waals surface area (Å²) in [6.45, 7) is 7.35. The molecule has 0 unspecified atom stereocenters. The predicted molar refractivity (Wildman–Crippen MR) is 175 cm³/mol. The highest BCUT2D eigenvalue weighted by Gasteiger charge is 2.35. The molecule has 0 saturated carbocycles. The van der Waals surface area contributed by atoms with Crippen molar-refractivity contribution in [3.8, 4) is 0 Å². The minimum atomic E-state index is -4.11. The van der Waals surface area contributed by atoms with E-state index < -0.39 is 28.7 Å². The topological polar surface area (TPSA) is 90.0 Å². The zero-order valence-electron chi connectivity index (χ0n) is 25.5. The molecule has 0 radical (unpaired) electrons. The Morgan fingerprint density at radius 3 is 2.12 bits per heavy atom. The van der Waals surface area contributed by atoms with E-state index in [1.54, 1.807) is 31.2 Å². The Morgan fingerprint density at radius 1 is 0.907 bits per heavy atom. The number of aryl methyl sites for hydroxylation is 2. The molecule has 232 valence electrons. The maximum absolute atomic E-state index is 14.4. The minimum Gasteiger partial charge on any atom is -0.354 e. The first-order valence-electron chi connectivity index (χ1n) is 14.0. The Kier molecular flexibility index (Phi) is 12.0. The standard InChI is InChI=1S/C32H40Cl2N4O4S/c1-22(2)19-35-32(40)30(18-25-11-8-7-9-12-25)37(20-26-27(33)13-10-14-28(26)34)31(39)21-38(43(41,42)36(5)6)29-17-23(3)15-16-24(29)4/h7-17,22,30H,18-21H2,1-6H3,(H,35,40)/t30-/m1/s1. The number of nitrogens with one attached hydrogen (secondary N) is 1. The number of halogens is 2.